The van der Waals surface area contributed by atoms with E-state index in [1.165, 1.54) is 19.3 Å². The van der Waals surface area contributed by atoms with Gasteiger partial charge in [0.1, 0.15) is 5.54 Å². The summed E-state index contributed by atoms with van der Waals surface area (Å²) in [5, 5.41) is 13.0. The summed E-state index contributed by atoms with van der Waals surface area (Å²) in [6, 6.07) is 7.40. The van der Waals surface area contributed by atoms with Crippen molar-refractivity contribution < 1.29 is 9.90 Å². The monoisotopic (exact) mass is 404 g/mol. The van der Waals surface area contributed by atoms with Crippen molar-refractivity contribution >= 4 is 34.2 Å². The summed E-state index contributed by atoms with van der Waals surface area (Å²) in [5.74, 6) is 0.0374. The van der Waals surface area contributed by atoms with Gasteiger partial charge in [-0.25, -0.2) is 0 Å². The number of rotatable bonds is 5. The van der Waals surface area contributed by atoms with Crippen LogP contribution < -0.4 is 11.1 Å². The van der Waals surface area contributed by atoms with E-state index in [9.17, 15) is 9.90 Å². The van der Waals surface area contributed by atoms with Crippen molar-refractivity contribution in [2.45, 2.75) is 50.7 Å². The number of aliphatic hydroxyl groups excluding tert-OH is 1. The molecule has 0 radical (unpaired) electrons. The Balaban J connectivity index is 0.00000264. The molecule has 1 aliphatic carbocycles. The zero-order valence-corrected chi connectivity index (χ0v) is 15.8. The summed E-state index contributed by atoms with van der Waals surface area (Å²) in [6.07, 6.45) is 5.20. The second-order valence-corrected chi connectivity index (χ2v) is 7.30. The van der Waals surface area contributed by atoms with Crippen LogP contribution in [-0.2, 0) is 10.3 Å². The fourth-order valence-corrected chi connectivity index (χ4v) is 3.26. The molecule has 1 aliphatic rings. The van der Waals surface area contributed by atoms with E-state index in [1.807, 2.05) is 24.3 Å². The quantitative estimate of drug-likeness (QED) is 0.704. The van der Waals surface area contributed by atoms with Gasteiger partial charge in [-0.1, -0.05) is 47.3 Å². The Morgan fingerprint density at radius 1 is 1.35 bits per heavy atom. The van der Waals surface area contributed by atoms with E-state index in [4.69, 9.17) is 5.73 Å². The second-order valence-electron chi connectivity index (χ2n) is 6.38. The van der Waals surface area contributed by atoms with Gasteiger partial charge in [-0.2, -0.15) is 0 Å². The maximum atomic E-state index is 12.4. The maximum absolute atomic E-state index is 12.4. The number of carbonyl (C=O) groups excluding carboxylic acids is 1. The van der Waals surface area contributed by atoms with Crippen LogP contribution in [0.4, 0.5) is 0 Å². The number of amides is 1. The summed E-state index contributed by atoms with van der Waals surface area (Å²) in [4.78, 5) is 12.4. The summed E-state index contributed by atoms with van der Waals surface area (Å²) in [6.45, 7) is 1.96. The fourth-order valence-electron chi connectivity index (χ4n) is 2.99. The average Bonchev–Trinajstić information content (AvgIpc) is 2.53. The zero-order chi connectivity index (χ0) is 16.2. The van der Waals surface area contributed by atoms with Crippen molar-refractivity contribution in [2.75, 3.05) is 6.54 Å². The zero-order valence-electron chi connectivity index (χ0n) is 13.4. The Morgan fingerprint density at radius 2 is 1.91 bits per heavy atom. The molecule has 2 rings (SSSR count). The third-order valence-electron chi connectivity index (χ3n) is 4.58. The second kappa shape index (κ2) is 9.02. The molecule has 1 amide bonds. The molecular formula is C17H26BrClN2O2. The Labute approximate surface area is 152 Å². The molecule has 0 bridgehead atoms. The molecule has 1 aromatic rings. The fraction of sp³-hybridized carbons (Fsp3) is 0.588. The van der Waals surface area contributed by atoms with Crippen LogP contribution in [0.2, 0.25) is 0 Å². The summed E-state index contributed by atoms with van der Waals surface area (Å²) in [5.41, 5.74) is 5.83. The van der Waals surface area contributed by atoms with Gasteiger partial charge in [0.05, 0.1) is 6.10 Å². The Bertz CT molecular complexity index is 502. The smallest absolute Gasteiger partial charge is 0.244 e. The normalized spacial score (nSPS) is 19.3. The van der Waals surface area contributed by atoms with E-state index in [2.05, 4.69) is 21.2 Å². The number of hydrogen-bond donors (Lipinski definition) is 3. The summed E-state index contributed by atoms with van der Waals surface area (Å²) < 4.78 is 0.945. The number of hydrogen-bond acceptors (Lipinski definition) is 3. The number of carbonyl (C=O) groups is 1. The van der Waals surface area contributed by atoms with Crippen molar-refractivity contribution in [3.05, 3.63) is 34.3 Å². The molecule has 2 atom stereocenters. The highest BCUT2D eigenvalue weighted by molar-refractivity contribution is 9.10. The van der Waals surface area contributed by atoms with Gasteiger partial charge < -0.3 is 16.2 Å². The molecule has 1 saturated carbocycles. The third kappa shape index (κ3) is 5.45. The van der Waals surface area contributed by atoms with Crippen molar-refractivity contribution in [1.29, 1.82) is 0 Å². The molecule has 23 heavy (non-hydrogen) atoms. The molecule has 0 aliphatic heterocycles. The van der Waals surface area contributed by atoms with E-state index in [0.29, 0.717) is 5.92 Å². The van der Waals surface area contributed by atoms with E-state index < -0.39 is 11.6 Å². The van der Waals surface area contributed by atoms with Crippen LogP contribution in [-0.4, -0.2) is 23.7 Å². The molecule has 2 unspecified atom stereocenters. The third-order valence-corrected chi connectivity index (χ3v) is 5.11. The molecule has 0 heterocycles. The molecule has 0 spiro atoms. The topological polar surface area (TPSA) is 75.4 Å². The van der Waals surface area contributed by atoms with Crippen LogP contribution in [0.5, 0.6) is 0 Å². The molecular weight excluding hydrogens is 380 g/mol. The molecule has 4 N–H and O–H groups in total. The van der Waals surface area contributed by atoms with Crippen molar-refractivity contribution in [3.8, 4) is 0 Å². The van der Waals surface area contributed by atoms with Crippen LogP contribution >= 0.6 is 28.3 Å². The Kier molecular flexibility index (Phi) is 8.01. The van der Waals surface area contributed by atoms with E-state index in [1.54, 1.807) is 6.92 Å². The highest BCUT2D eigenvalue weighted by atomic mass is 79.9. The first-order valence-electron chi connectivity index (χ1n) is 7.92. The predicted octanol–water partition coefficient (Wildman–Crippen LogP) is 3.10. The molecule has 1 fully saturated rings. The lowest BCUT2D eigenvalue weighted by Crippen LogP contribution is -2.51. The first-order chi connectivity index (χ1) is 10.4. The van der Waals surface area contributed by atoms with Crippen molar-refractivity contribution in [3.63, 3.8) is 0 Å². The molecule has 1 aromatic carbocycles. The van der Waals surface area contributed by atoms with Gasteiger partial charge in [-0.3, -0.25) is 4.79 Å². The van der Waals surface area contributed by atoms with Crippen molar-refractivity contribution in [2.24, 2.45) is 11.7 Å². The van der Waals surface area contributed by atoms with Gasteiger partial charge in [-0.15, -0.1) is 12.4 Å². The lowest BCUT2D eigenvalue weighted by Gasteiger charge is -2.29. The van der Waals surface area contributed by atoms with Crippen LogP contribution in [0.25, 0.3) is 0 Å². The number of nitrogens with two attached hydrogens (primary N) is 1. The Morgan fingerprint density at radius 3 is 2.48 bits per heavy atom. The predicted molar refractivity (Wildman–Crippen MR) is 98.5 cm³/mol. The van der Waals surface area contributed by atoms with Gasteiger partial charge in [-0.05, 0) is 43.4 Å². The summed E-state index contributed by atoms with van der Waals surface area (Å²) in [7, 11) is 0. The molecule has 6 heteroatoms. The standard InChI is InChI=1S/C17H25BrN2O2.ClH/c1-17(19,13-7-9-14(18)10-8-13)16(22)20-11-15(21)12-5-3-2-4-6-12;/h7-10,12,15,21H,2-6,11,19H2,1H3,(H,20,22);1H. The average molecular weight is 406 g/mol. The minimum absolute atomic E-state index is 0. The molecule has 0 aromatic heterocycles. The highest BCUT2D eigenvalue weighted by Gasteiger charge is 2.31. The van der Waals surface area contributed by atoms with Crippen LogP contribution in [0, 0.1) is 5.92 Å². The van der Waals surface area contributed by atoms with E-state index in [0.717, 1.165) is 22.9 Å². The number of nitrogens with one attached hydrogen (secondary N) is 1. The lowest BCUT2D eigenvalue weighted by molar-refractivity contribution is -0.126. The van der Waals surface area contributed by atoms with E-state index >= 15 is 0 Å². The molecule has 130 valence electrons. The first kappa shape index (κ1) is 20.4. The van der Waals surface area contributed by atoms with E-state index in [-0.39, 0.29) is 24.9 Å². The lowest BCUT2D eigenvalue weighted by atomic mass is 9.85. The van der Waals surface area contributed by atoms with Gasteiger partial charge in [0.2, 0.25) is 5.91 Å². The minimum Gasteiger partial charge on any atom is -0.391 e. The molecule has 0 saturated heterocycles. The first-order valence-corrected chi connectivity index (χ1v) is 8.72. The van der Waals surface area contributed by atoms with Crippen molar-refractivity contribution in [1.82, 2.24) is 5.32 Å². The largest absolute Gasteiger partial charge is 0.391 e. The number of benzene rings is 1. The summed E-state index contributed by atoms with van der Waals surface area (Å²) >= 11 is 3.37. The van der Waals surface area contributed by atoms with Gasteiger partial charge in [0.15, 0.2) is 0 Å². The van der Waals surface area contributed by atoms with Gasteiger partial charge >= 0.3 is 0 Å². The number of aliphatic hydroxyl groups is 1. The molecule has 4 nitrogen and oxygen atoms in total. The van der Waals surface area contributed by atoms with Gasteiger partial charge in [0.25, 0.3) is 0 Å². The Hall–Kier alpha value is -0.620. The van der Waals surface area contributed by atoms with Crippen LogP contribution in [0.15, 0.2) is 28.7 Å². The minimum atomic E-state index is -1.10. The SMILES string of the molecule is CC(N)(C(=O)NCC(O)C1CCCCC1)c1ccc(Br)cc1.Cl. The van der Waals surface area contributed by atoms with Gasteiger partial charge in [0, 0.05) is 11.0 Å². The number of halogens is 2. The van der Waals surface area contributed by atoms with Crippen LogP contribution in [0.1, 0.15) is 44.6 Å². The van der Waals surface area contributed by atoms with Crippen LogP contribution in [0.3, 0.4) is 0 Å². The maximum Gasteiger partial charge on any atom is 0.244 e. The highest BCUT2D eigenvalue weighted by Crippen LogP contribution is 2.26.